The van der Waals surface area contributed by atoms with E-state index in [0.29, 0.717) is 28.7 Å². The summed E-state index contributed by atoms with van der Waals surface area (Å²) in [7, 11) is 0.173. The van der Waals surface area contributed by atoms with Gasteiger partial charge >= 0.3 is 7.67 Å². The smallest absolute Gasteiger partial charge is 0.460 e. The molecule has 1 N–H and O–H groups in total. The Morgan fingerprint density at radius 1 is 1.27 bits per heavy atom. The first-order chi connectivity index (χ1) is 12.3. The average molecular weight is 388 g/mol. The molecule has 1 aromatic rings. The van der Waals surface area contributed by atoms with E-state index in [1.165, 1.54) is 19.2 Å². The van der Waals surface area contributed by atoms with E-state index >= 15 is 0 Å². The number of quaternary nitrogens is 1. The van der Waals surface area contributed by atoms with E-state index in [1.54, 1.807) is 6.07 Å². The minimum absolute atomic E-state index is 0.0483. The molecule has 2 unspecified atom stereocenters. The number of ether oxygens (including phenoxy) is 1. The average Bonchev–Trinajstić information content (AvgIpc) is 2.64. The molecule has 0 aliphatic heterocycles. The Labute approximate surface area is 155 Å². The number of rotatable bonds is 12. The molecule has 2 atom stereocenters. The summed E-state index contributed by atoms with van der Waals surface area (Å²) < 4.78 is 25.1. The predicted molar refractivity (Wildman–Crippen MR) is 102 cm³/mol. The molecule has 0 aliphatic carbocycles. The molecule has 1 aromatic carbocycles. The fraction of sp³-hybridized carbons (Fsp3) is 0.647. The molecule has 0 fully saturated rings. The lowest BCUT2D eigenvalue weighted by Gasteiger charge is -2.38. The van der Waals surface area contributed by atoms with E-state index in [1.807, 2.05) is 20.9 Å². The molecule has 0 amide bonds. The largest absolute Gasteiger partial charge is 0.496 e. The van der Waals surface area contributed by atoms with Gasteiger partial charge in [0.1, 0.15) is 5.75 Å². The molecule has 0 heterocycles. The molecule has 0 saturated heterocycles. The Morgan fingerprint density at radius 3 is 2.46 bits per heavy atom. The van der Waals surface area contributed by atoms with Crippen molar-refractivity contribution in [2.75, 3.05) is 33.8 Å². The third kappa shape index (κ3) is 5.27. The topological polar surface area (TPSA) is 90.7 Å². The maximum Gasteiger partial charge on any atom is 0.460 e. The second-order valence-electron chi connectivity index (χ2n) is 6.33. The van der Waals surface area contributed by atoms with E-state index in [9.17, 15) is 14.7 Å². The summed E-state index contributed by atoms with van der Waals surface area (Å²) in [6, 6.07) is 4.33. The summed E-state index contributed by atoms with van der Waals surface area (Å²) in [6.45, 7) is 8.08. The first-order valence-corrected chi connectivity index (χ1v) is 10.5. The van der Waals surface area contributed by atoms with Crippen LogP contribution in [0.4, 0.5) is 5.69 Å². The van der Waals surface area contributed by atoms with Gasteiger partial charge in [0.2, 0.25) is 0 Å². The second-order valence-corrected chi connectivity index (χ2v) is 8.91. The Kier molecular flexibility index (Phi) is 8.70. The molecular weight excluding hydrogens is 357 g/mol. The van der Waals surface area contributed by atoms with Crippen LogP contribution < -0.4 is 9.82 Å². The number of nitro groups is 1. The highest BCUT2D eigenvalue weighted by atomic mass is 31.2. The van der Waals surface area contributed by atoms with Crippen molar-refractivity contribution in [3.05, 3.63) is 33.9 Å². The van der Waals surface area contributed by atoms with Gasteiger partial charge < -0.3 is 4.74 Å². The molecule has 0 spiro atoms. The van der Waals surface area contributed by atoms with Crippen LogP contribution in [-0.4, -0.2) is 43.0 Å². The van der Waals surface area contributed by atoms with Crippen LogP contribution >= 0.6 is 7.67 Å². The lowest BCUT2D eigenvalue weighted by Crippen LogP contribution is -2.45. The molecule has 0 saturated carbocycles. The molecule has 0 aliphatic rings. The fourth-order valence-corrected chi connectivity index (χ4v) is 5.06. The van der Waals surface area contributed by atoms with Crippen LogP contribution in [-0.2, 0) is 15.7 Å². The number of non-ortho nitro benzene ring substituents is 1. The van der Waals surface area contributed by atoms with Gasteiger partial charge in [0, 0.05) is 18.2 Å². The number of nitrogens with zero attached hydrogens (tertiary/aromatic N) is 2. The van der Waals surface area contributed by atoms with Gasteiger partial charge in [0.15, 0.2) is 0 Å². The Hall–Kier alpha value is -1.47. The van der Waals surface area contributed by atoms with Crippen LogP contribution in [0.5, 0.6) is 5.75 Å². The summed E-state index contributed by atoms with van der Waals surface area (Å²) in [5.41, 5.74) is 0.564. The minimum Gasteiger partial charge on any atom is -0.496 e. The van der Waals surface area contributed by atoms with E-state index in [0.717, 1.165) is 19.4 Å². The summed E-state index contributed by atoms with van der Waals surface area (Å²) in [6.07, 6.45) is 1.72. The van der Waals surface area contributed by atoms with Gasteiger partial charge in [-0.25, -0.2) is 4.57 Å². The lowest BCUT2D eigenvalue weighted by atomic mass is 10.2. The maximum atomic E-state index is 13.7. The highest BCUT2D eigenvalue weighted by Crippen LogP contribution is 2.53. The summed E-state index contributed by atoms with van der Waals surface area (Å²) in [5.74, 6) is 0.349. The van der Waals surface area contributed by atoms with Crippen LogP contribution in [0.3, 0.4) is 0 Å². The van der Waals surface area contributed by atoms with E-state index in [2.05, 4.69) is 12.0 Å². The Morgan fingerprint density at radius 2 is 1.96 bits per heavy atom. The van der Waals surface area contributed by atoms with Gasteiger partial charge in [-0.2, -0.15) is 5.09 Å². The van der Waals surface area contributed by atoms with Gasteiger partial charge in [0.05, 0.1) is 44.8 Å². The van der Waals surface area contributed by atoms with E-state index in [-0.39, 0.29) is 12.3 Å². The minimum atomic E-state index is -3.20. The standard InChI is InChI=1S/C17H31N3O5P/c1-6-11-18-26(23,20(4,8-3)12-7-2)25-14-15-9-10-16(19(21)22)13-17(15)24-5/h9-10,13H,6-8,11-12,14H2,1-5H3,(H,18,23)/q+1. The number of methoxy groups -OCH3 is 1. The summed E-state index contributed by atoms with van der Waals surface area (Å²) in [5, 5.41) is 14.0. The maximum absolute atomic E-state index is 13.7. The third-order valence-corrected chi connectivity index (χ3v) is 7.32. The van der Waals surface area contributed by atoms with Crippen molar-refractivity contribution < 1.29 is 23.0 Å². The summed E-state index contributed by atoms with van der Waals surface area (Å²) in [4.78, 5) is 10.4. The monoisotopic (exact) mass is 388 g/mol. The molecule has 9 heteroatoms. The van der Waals surface area contributed by atoms with Gasteiger partial charge in [-0.05, 0) is 25.8 Å². The van der Waals surface area contributed by atoms with Crippen LogP contribution in [0, 0.1) is 10.1 Å². The van der Waals surface area contributed by atoms with Crippen molar-refractivity contribution in [3.63, 3.8) is 0 Å². The highest BCUT2D eigenvalue weighted by Gasteiger charge is 2.44. The zero-order chi connectivity index (χ0) is 19.8. The van der Waals surface area contributed by atoms with E-state index < -0.39 is 12.6 Å². The first kappa shape index (κ1) is 22.6. The second kappa shape index (κ2) is 10.0. The van der Waals surface area contributed by atoms with Gasteiger partial charge in [-0.15, -0.1) is 0 Å². The van der Waals surface area contributed by atoms with Gasteiger partial charge in [-0.1, -0.05) is 13.8 Å². The summed E-state index contributed by atoms with van der Waals surface area (Å²) >= 11 is 0. The van der Waals surface area contributed by atoms with Crippen molar-refractivity contribution >= 4 is 13.4 Å². The van der Waals surface area contributed by atoms with Crippen molar-refractivity contribution in [2.24, 2.45) is 0 Å². The van der Waals surface area contributed by atoms with Crippen LogP contribution in [0.25, 0.3) is 0 Å². The molecule has 26 heavy (non-hydrogen) atoms. The zero-order valence-corrected chi connectivity index (χ0v) is 17.3. The van der Waals surface area contributed by atoms with Crippen molar-refractivity contribution in [2.45, 2.75) is 40.2 Å². The Balaban J connectivity index is 3.10. The lowest BCUT2D eigenvalue weighted by molar-refractivity contribution is -0.797. The number of nitro benzene ring substituents is 1. The normalized spacial score (nSPS) is 15.9. The molecule has 0 bridgehead atoms. The van der Waals surface area contributed by atoms with E-state index in [4.69, 9.17) is 9.26 Å². The molecule has 0 radical (unpaired) electrons. The predicted octanol–water partition coefficient (Wildman–Crippen LogP) is 4.10. The highest BCUT2D eigenvalue weighted by molar-refractivity contribution is 7.50. The van der Waals surface area contributed by atoms with Gasteiger partial charge in [0.25, 0.3) is 5.69 Å². The fourth-order valence-electron chi connectivity index (χ4n) is 2.69. The Bertz CT molecular complexity index is 655. The molecular formula is C17H31N3O5P+. The number of benzene rings is 1. The van der Waals surface area contributed by atoms with Crippen molar-refractivity contribution in [1.82, 2.24) is 5.09 Å². The van der Waals surface area contributed by atoms with Gasteiger partial charge in [-0.3, -0.25) is 18.9 Å². The van der Waals surface area contributed by atoms with Crippen molar-refractivity contribution in [3.8, 4) is 5.75 Å². The SMILES string of the molecule is CCCNP(=O)(OCc1ccc([N+](=O)[O-])cc1OC)[N+](C)(CC)CCC. The molecule has 8 nitrogen and oxygen atoms in total. The molecule has 148 valence electrons. The van der Waals surface area contributed by atoms with Crippen LogP contribution in [0.1, 0.15) is 39.2 Å². The molecule has 0 aromatic heterocycles. The number of hydrogen-bond donors (Lipinski definition) is 1. The number of hydrogen-bond acceptors (Lipinski definition) is 5. The third-order valence-electron chi connectivity index (χ3n) is 4.46. The quantitative estimate of drug-likeness (QED) is 0.329. The molecule has 1 rings (SSSR count). The first-order valence-electron chi connectivity index (χ1n) is 8.92. The van der Waals surface area contributed by atoms with Crippen LogP contribution in [0.2, 0.25) is 0 Å². The van der Waals surface area contributed by atoms with Crippen molar-refractivity contribution in [1.29, 1.82) is 0 Å². The number of nitrogens with one attached hydrogen (secondary N) is 1. The zero-order valence-electron chi connectivity index (χ0n) is 16.4. The van der Waals surface area contributed by atoms with Crippen LogP contribution in [0.15, 0.2) is 18.2 Å².